The molecule has 0 saturated heterocycles. The van der Waals surface area contributed by atoms with Crippen molar-refractivity contribution in [2.45, 2.75) is 45.6 Å². The molecule has 1 unspecified atom stereocenters. The monoisotopic (exact) mass is 281 g/mol. The summed E-state index contributed by atoms with van der Waals surface area (Å²) in [6.07, 6.45) is 6.83. The van der Waals surface area contributed by atoms with Gasteiger partial charge in [-0.3, -0.25) is 0 Å². The van der Waals surface area contributed by atoms with E-state index in [1.54, 1.807) is 0 Å². The van der Waals surface area contributed by atoms with Crippen molar-refractivity contribution in [3.63, 3.8) is 0 Å². The Balaban J connectivity index is 2.11. The predicted octanol–water partition coefficient (Wildman–Crippen LogP) is 3.21. The maximum Gasteiger partial charge on any atom is 0.253 e. The lowest BCUT2D eigenvalue weighted by Crippen LogP contribution is -2.25. The second-order valence-electron chi connectivity index (χ2n) is 5.11. The first kappa shape index (κ1) is 14.5. The topological polar surface area (TPSA) is 38.3 Å². The quantitative estimate of drug-likeness (QED) is 0.802. The zero-order valence-electron chi connectivity index (χ0n) is 12.1. The normalized spacial score (nSPS) is 18.2. The first-order chi connectivity index (χ1) is 9.24. The third-order valence-electron chi connectivity index (χ3n) is 3.45. The Labute approximate surface area is 119 Å². The molecule has 5 heteroatoms. The van der Waals surface area contributed by atoms with Crippen molar-refractivity contribution in [3.8, 4) is 5.88 Å². The molecule has 0 saturated carbocycles. The highest BCUT2D eigenvalue weighted by Gasteiger charge is 2.20. The molecular formula is C14H23N3OS. The smallest absolute Gasteiger partial charge is 0.253 e. The van der Waals surface area contributed by atoms with Gasteiger partial charge in [0.2, 0.25) is 0 Å². The van der Waals surface area contributed by atoms with E-state index in [0.29, 0.717) is 0 Å². The maximum atomic E-state index is 6.04. The molecule has 0 amide bonds. The molecule has 0 radical (unpaired) electrons. The fourth-order valence-corrected chi connectivity index (χ4v) is 2.87. The van der Waals surface area contributed by atoms with E-state index < -0.39 is 0 Å². The lowest BCUT2D eigenvalue weighted by molar-refractivity contribution is 0.179. The summed E-state index contributed by atoms with van der Waals surface area (Å²) in [5.41, 5.74) is 2.20. The van der Waals surface area contributed by atoms with E-state index in [2.05, 4.69) is 40.6 Å². The van der Waals surface area contributed by atoms with Gasteiger partial charge in [-0.05, 0) is 31.9 Å². The Bertz CT molecular complexity index is 430. The number of hydrogen-bond donors (Lipinski definition) is 0. The second kappa shape index (κ2) is 7.01. The van der Waals surface area contributed by atoms with Crippen LogP contribution in [0.5, 0.6) is 5.88 Å². The molecule has 1 aromatic heterocycles. The zero-order valence-corrected chi connectivity index (χ0v) is 12.9. The van der Waals surface area contributed by atoms with E-state index in [4.69, 9.17) is 4.74 Å². The molecule has 0 N–H and O–H groups in total. The average molecular weight is 281 g/mol. The van der Waals surface area contributed by atoms with E-state index in [0.717, 1.165) is 50.3 Å². The van der Waals surface area contributed by atoms with Gasteiger partial charge >= 0.3 is 0 Å². The van der Waals surface area contributed by atoms with E-state index >= 15 is 0 Å². The Kier molecular flexibility index (Phi) is 5.34. The molecule has 0 bridgehead atoms. The molecule has 2 rings (SSSR count). The van der Waals surface area contributed by atoms with Crippen molar-refractivity contribution in [3.05, 3.63) is 11.8 Å². The Morgan fingerprint density at radius 3 is 2.95 bits per heavy atom. The van der Waals surface area contributed by atoms with Gasteiger partial charge in [0.05, 0.1) is 11.7 Å². The van der Waals surface area contributed by atoms with E-state index in [1.807, 2.05) is 0 Å². The zero-order chi connectivity index (χ0) is 13.7. The number of rotatable bonds is 6. The van der Waals surface area contributed by atoms with Crippen LogP contribution in [0.4, 0.5) is 0 Å². The predicted molar refractivity (Wildman–Crippen MR) is 79.6 cm³/mol. The molecule has 0 spiro atoms. The van der Waals surface area contributed by atoms with Crippen LogP contribution in [0, 0.1) is 0 Å². The van der Waals surface area contributed by atoms with Crippen LogP contribution in [0.2, 0.25) is 0 Å². The largest absolute Gasteiger partial charge is 0.472 e. The number of likely N-dealkylation sites (N-methyl/N-ethyl adjacent to an activating group) is 1. The van der Waals surface area contributed by atoms with Crippen molar-refractivity contribution in [2.75, 3.05) is 20.1 Å². The second-order valence-corrected chi connectivity index (χ2v) is 5.64. The van der Waals surface area contributed by atoms with Gasteiger partial charge in [-0.2, -0.15) is 4.37 Å². The summed E-state index contributed by atoms with van der Waals surface area (Å²) in [5, 5.41) is 0. The van der Waals surface area contributed by atoms with Gasteiger partial charge in [-0.25, -0.2) is 0 Å². The van der Waals surface area contributed by atoms with Crippen LogP contribution in [0.15, 0.2) is 6.08 Å². The standard InChI is InChI=1S/C14H23N3OS/c1-4-7-12(5-2)18-14-13(15-19-16-14)11-8-6-9-17(3)10-11/h8,12H,4-7,9-10H2,1-3H3. The molecule has 2 heterocycles. The lowest BCUT2D eigenvalue weighted by Gasteiger charge is -2.22. The van der Waals surface area contributed by atoms with Gasteiger partial charge in [0, 0.05) is 13.1 Å². The minimum Gasteiger partial charge on any atom is -0.472 e. The van der Waals surface area contributed by atoms with Gasteiger partial charge in [-0.1, -0.05) is 26.3 Å². The highest BCUT2D eigenvalue weighted by atomic mass is 32.1. The van der Waals surface area contributed by atoms with Crippen LogP contribution in [0.1, 0.15) is 45.2 Å². The van der Waals surface area contributed by atoms with Gasteiger partial charge in [-0.15, -0.1) is 4.37 Å². The summed E-state index contributed by atoms with van der Waals surface area (Å²) < 4.78 is 14.8. The first-order valence-electron chi connectivity index (χ1n) is 7.11. The van der Waals surface area contributed by atoms with E-state index in [-0.39, 0.29) is 6.10 Å². The summed E-state index contributed by atoms with van der Waals surface area (Å²) in [5.74, 6) is 0.729. The third kappa shape index (κ3) is 3.76. The molecule has 0 aliphatic carbocycles. The SMILES string of the molecule is CCCC(CC)Oc1nsnc1C1=CCCN(C)C1. The van der Waals surface area contributed by atoms with Crippen molar-refractivity contribution in [2.24, 2.45) is 0 Å². The van der Waals surface area contributed by atoms with Crippen molar-refractivity contribution in [1.82, 2.24) is 13.6 Å². The summed E-state index contributed by atoms with van der Waals surface area (Å²) in [4.78, 5) is 2.31. The Morgan fingerprint density at radius 2 is 2.26 bits per heavy atom. The van der Waals surface area contributed by atoms with Crippen molar-refractivity contribution < 1.29 is 4.74 Å². The molecule has 19 heavy (non-hydrogen) atoms. The van der Waals surface area contributed by atoms with Gasteiger partial charge in [0.1, 0.15) is 11.8 Å². The molecule has 4 nitrogen and oxygen atoms in total. The molecule has 1 aliphatic rings. The maximum absolute atomic E-state index is 6.04. The molecule has 0 aromatic carbocycles. The van der Waals surface area contributed by atoms with Gasteiger partial charge in [0.25, 0.3) is 5.88 Å². The summed E-state index contributed by atoms with van der Waals surface area (Å²) >= 11 is 1.25. The summed E-state index contributed by atoms with van der Waals surface area (Å²) in [7, 11) is 2.14. The highest BCUT2D eigenvalue weighted by molar-refractivity contribution is 6.99. The van der Waals surface area contributed by atoms with Crippen molar-refractivity contribution >= 4 is 17.3 Å². The molecule has 1 aromatic rings. The van der Waals surface area contributed by atoms with Crippen LogP contribution in [-0.4, -0.2) is 39.9 Å². The average Bonchev–Trinajstić information content (AvgIpc) is 2.86. The van der Waals surface area contributed by atoms with Gasteiger partial charge < -0.3 is 9.64 Å². The highest BCUT2D eigenvalue weighted by Crippen LogP contribution is 2.28. The molecule has 1 atom stereocenters. The van der Waals surface area contributed by atoms with Crippen LogP contribution >= 0.6 is 11.7 Å². The minimum absolute atomic E-state index is 0.259. The van der Waals surface area contributed by atoms with Crippen LogP contribution in [0.3, 0.4) is 0 Å². The molecule has 1 aliphatic heterocycles. The number of hydrogen-bond acceptors (Lipinski definition) is 5. The summed E-state index contributed by atoms with van der Waals surface area (Å²) in [6.45, 7) is 6.40. The van der Waals surface area contributed by atoms with Crippen molar-refractivity contribution in [1.29, 1.82) is 0 Å². The Hall–Kier alpha value is -0.940. The summed E-state index contributed by atoms with van der Waals surface area (Å²) in [6, 6.07) is 0. The fourth-order valence-electron chi connectivity index (χ4n) is 2.35. The fraction of sp³-hybridized carbons (Fsp3) is 0.714. The van der Waals surface area contributed by atoms with Crippen LogP contribution < -0.4 is 4.74 Å². The number of ether oxygens (including phenoxy) is 1. The van der Waals surface area contributed by atoms with E-state index in [9.17, 15) is 0 Å². The first-order valence-corrected chi connectivity index (χ1v) is 7.84. The molecular weight excluding hydrogens is 258 g/mol. The van der Waals surface area contributed by atoms with E-state index in [1.165, 1.54) is 17.3 Å². The van der Waals surface area contributed by atoms with Gasteiger partial charge in [0.15, 0.2) is 0 Å². The minimum atomic E-state index is 0.259. The third-order valence-corrected chi connectivity index (χ3v) is 3.96. The van der Waals surface area contributed by atoms with Crippen LogP contribution in [0.25, 0.3) is 5.57 Å². The molecule has 106 valence electrons. The van der Waals surface area contributed by atoms with Crippen LogP contribution in [-0.2, 0) is 0 Å². The number of nitrogens with zero attached hydrogens (tertiary/aromatic N) is 3. The molecule has 0 fully saturated rings. The lowest BCUT2D eigenvalue weighted by atomic mass is 10.1. The number of aromatic nitrogens is 2. The Morgan fingerprint density at radius 1 is 1.42 bits per heavy atom.